The minimum atomic E-state index is -0.663. The highest BCUT2D eigenvalue weighted by Gasteiger charge is 2.16. The van der Waals surface area contributed by atoms with Gasteiger partial charge in [0.05, 0.1) is 0 Å². The highest BCUT2D eigenvalue weighted by Crippen LogP contribution is 2.09. The van der Waals surface area contributed by atoms with Gasteiger partial charge in [0.15, 0.2) is 0 Å². The first-order valence-electron chi connectivity index (χ1n) is 7.36. The average molecular weight is 314 g/mol. The Hall–Kier alpha value is -2.69. The van der Waals surface area contributed by atoms with Crippen LogP contribution in [0.4, 0.5) is 4.39 Å². The Bertz CT molecular complexity index is 701. The Balaban J connectivity index is 1.87. The van der Waals surface area contributed by atoms with Crippen LogP contribution < -0.4 is 10.6 Å². The number of carbonyl (C=O) groups is 2. The lowest BCUT2D eigenvalue weighted by Gasteiger charge is -2.14. The van der Waals surface area contributed by atoms with Gasteiger partial charge in [0, 0.05) is 12.1 Å². The highest BCUT2D eigenvalue weighted by atomic mass is 19.1. The number of hydrogen-bond acceptors (Lipinski definition) is 2. The Labute approximate surface area is 134 Å². The number of amides is 2. The van der Waals surface area contributed by atoms with Crippen molar-refractivity contribution in [2.45, 2.75) is 26.4 Å². The third kappa shape index (κ3) is 4.64. The first kappa shape index (κ1) is 16.7. The first-order valence-corrected chi connectivity index (χ1v) is 7.36. The molecule has 0 aliphatic heterocycles. The second-order valence-corrected chi connectivity index (χ2v) is 5.36. The summed E-state index contributed by atoms with van der Waals surface area (Å²) in [6.07, 6.45) is 0. The summed E-state index contributed by atoms with van der Waals surface area (Å²) in [4.78, 5) is 24.0. The largest absolute Gasteiger partial charge is 0.350 e. The van der Waals surface area contributed by atoms with Crippen LogP contribution >= 0.6 is 0 Å². The molecule has 0 saturated carbocycles. The second-order valence-electron chi connectivity index (χ2n) is 5.36. The van der Waals surface area contributed by atoms with Crippen molar-refractivity contribution in [2.24, 2.45) is 0 Å². The van der Waals surface area contributed by atoms with E-state index in [-0.39, 0.29) is 24.2 Å². The van der Waals surface area contributed by atoms with Gasteiger partial charge in [-0.15, -0.1) is 0 Å². The summed E-state index contributed by atoms with van der Waals surface area (Å²) in [5.41, 5.74) is 1.84. The van der Waals surface area contributed by atoms with Crippen molar-refractivity contribution in [2.75, 3.05) is 0 Å². The van der Waals surface area contributed by atoms with Crippen LogP contribution in [0.5, 0.6) is 0 Å². The third-order valence-corrected chi connectivity index (χ3v) is 3.47. The van der Waals surface area contributed by atoms with E-state index in [0.29, 0.717) is 11.1 Å². The molecule has 0 unspecified atom stereocenters. The molecule has 2 amide bonds. The van der Waals surface area contributed by atoms with Crippen molar-refractivity contribution in [3.63, 3.8) is 0 Å². The molecule has 0 aliphatic carbocycles. The molecule has 0 spiro atoms. The number of aryl methyl sites for hydroxylation is 1. The van der Waals surface area contributed by atoms with Gasteiger partial charge in [-0.2, -0.15) is 0 Å². The molecular weight excluding hydrogens is 295 g/mol. The predicted molar refractivity (Wildman–Crippen MR) is 86.4 cm³/mol. The summed E-state index contributed by atoms with van der Waals surface area (Å²) in [6, 6.07) is 12.7. The number of carbonyl (C=O) groups excluding carboxylic acids is 2. The number of halogens is 1. The maximum Gasteiger partial charge on any atom is 0.251 e. The SMILES string of the molecule is Cc1cc(CNC(=O)[C@H](C)NC(=O)c2ccccc2)ccc1F. The molecule has 2 aromatic rings. The monoisotopic (exact) mass is 314 g/mol. The van der Waals surface area contributed by atoms with E-state index in [1.54, 1.807) is 50.2 Å². The fourth-order valence-electron chi connectivity index (χ4n) is 2.09. The molecule has 0 heterocycles. The van der Waals surface area contributed by atoms with Crippen LogP contribution in [-0.2, 0) is 11.3 Å². The molecule has 5 heteroatoms. The van der Waals surface area contributed by atoms with E-state index in [0.717, 1.165) is 5.56 Å². The molecule has 2 aromatic carbocycles. The van der Waals surface area contributed by atoms with Crippen LogP contribution in [0.15, 0.2) is 48.5 Å². The molecule has 0 saturated heterocycles. The molecule has 23 heavy (non-hydrogen) atoms. The molecule has 0 bridgehead atoms. The van der Waals surface area contributed by atoms with Crippen LogP contribution in [-0.4, -0.2) is 17.9 Å². The minimum Gasteiger partial charge on any atom is -0.350 e. The Morgan fingerprint density at radius 1 is 1.13 bits per heavy atom. The number of benzene rings is 2. The summed E-state index contributed by atoms with van der Waals surface area (Å²) in [7, 11) is 0. The van der Waals surface area contributed by atoms with Gasteiger partial charge < -0.3 is 10.6 Å². The fraction of sp³-hybridized carbons (Fsp3) is 0.222. The number of hydrogen-bond donors (Lipinski definition) is 2. The van der Waals surface area contributed by atoms with Crippen LogP contribution in [0.1, 0.15) is 28.4 Å². The fourth-order valence-corrected chi connectivity index (χ4v) is 2.09. The lowest BCUT2D eigenvalue weighted by atomic mass is 10.1. The molecule has 2 rings (SSSR count). The molecule has 0 radical (unpaired) electrons. The van der Waals surface area contributed by atoms with E-state index in [1.165, 1.54) is 6.07 Å². The van der Waals surface area contributed by atoms with Crippen molar-refractivity contribution in [3.8, 4) is 0 Å². The van der Waals surface area contributed by atoms with Gasteiger partial charge in [0.1, 0.15) is 11.9 Å². The van der Waals surface area contributed by atoms with Crippen molar-refractivity contribution in [3.05, 3.63) is 71.0 Å². The molecule has 4 nitrogen and oxygen atoms in total. The van der Waals surface area contributed by atoms with E-state index in [1.807, 2.05) is 6.07 Å². The van der Waals surface area contributed by atoms with Gasteiger partial charge in [0.25, 0.3) is 5.91 Å². The lowest BCUT2D eigenvalue weighted by Crippen LogP contribution is -2.44. The topological polar surface area (TPSA) is 58.2 Å². The highest BCUT2D eigenvalue weighted by molar-refractivity contribution is 5.97. The first-order chi connectivity index (χ1) is 11.0. The number of nitrogens with one attached hydrogen (secondary N) is 2. The third-order valence-electron chi connectivity index (χ3n) is 3.47. The van der Waals surface area contributed by atoms with Gasteiger partial charge >= 0.3 is 0 Å². The summed E-state index contributed by atoms with van der Waals surface area (Å²) in [6.45, 7) is 3.57. The van der Waals surface area contributed by atoms with Gasteiger partial charge in [0.2, 0.25) is 5.91 Å². The van der Waals surface area contributed by atoms with Gasteiger partial charge in [-0.05, 0) is 43.2 Å². The van der Waals surface area contributed by atoms with Crippen LogP contribution in [0, 0.1) is 12.7 Å². The standard InChI is InChI=1S/C18H19FN2O2/c1-12-10-14(8-9-16(12)19)11-20-17(22)13(2)21-18(23)15-6-4-3-5-7-15/h3-10,13H,11H2,1-2H3,(H,20,22)(H,21,23)/t13-/m0/s1. The van der Waals surface area contributed by atoms with Crippen LogP contribution in [0.2, 0.25) is 0 Å². The maximum atomic E-state index is 13.2. The zero-order valence-electron chi connectivity index (χ0n) is 13.1. The van der Waals surface area contributed by atoms with Crippen molar-refractivity contribution >= 4 is 11.8 Å². The summed E-state index contributed by atoms with van der Waals surface area (Å²) >= 11 is 0. The average Bonchev–Trinajstić information content (AvgIpc) is 2.56. The van der Waals surface area contributed by atoms with Crippen LogP contribution in [0.25, 0.3) is 0 Å². The summed E-state index contributed by atoms with van der Waals surface area (Å²) in [5, 5.41) is 5.37. The van der Waals surface area contributed by atoms with Gasteiger partial charge in [-0.1, -0.05) is 30.3 Å². The smallest absolute Gasteiger partial charge is 0.251 e. The van der Waals surface area contributed by atoms with Crippen molar-refractivity contribution < 1.29 is 14.0 Å². The Morgan fingerprint density at radius 2 is 1.83 bits per heavy atom. The molecule has 2 N–H and O–H groups in total. The zero-order chi connectivity index (χ0) is 16.8. The van der Waals surface area contributed by atoms with Crippen LogP contribution in [0.3, 0.4) is 0 Å². The predicted octanol–water partition coefficient (Wildman–Crippen LogP) is 2.57. The summed E-state index contributed by atoms with van der Waals surface area (Å²) in [5.74, 6) is -0.870. The zero-order valence-corrected chi connectivity index (χ0v) is 13.1. The molecule has 120 valence electrons. The lowest BCUT2D eigenvalue weighted by molar-refractivity contribution is -0.122. The normalized spacial score (nSPS) is 11.6. The number of rotatable bonds is 5. The quantitative estimate of drug-likeness (QED) is 0.891. The molecule has 0 aromatic heterocycles. The molecule has 1 atom stereocenters. The minimum absolute atomic E-state index is 0.274. The maximum absolute atomic E-state index is 13.2. The van der Waals surface area contributed by atoms with E-state index in [9.17, 15) is 14.0 Å². The molecule has 0 aliphatic rings. The van der Waals surface area contributed by atoms with E-state index in [4.69, 9.17) is 0 Å². The summed E-state index contributed by atoms with van der Waals surface area (Å²) < 4.78 is 13.2. The van der Waals surface area contributed by atoms with E-state index < -0.39 is 6.04 Å². The van der Waals surface area contributed by atoms with Crippen molar-refractivity contribution in [1.82, 2.24) is 10.6 Å². The van der Waals surface area contributed by atoms with Crippen molar-refractivity contribution in [1.29, 1.82) is 0 Å². The molecule has 0 fully saturated rings. The Kier molecular flexibility index (Phi) is 5.46. The second kappa shape index (κ2) is 7.54. The van der Waals surface area contributed by atoms with Gasteiger partial charge in [-0.3, -0.25) is 9.59 Å². The molecular formula is C18H19FN2O2. The van der Waals surface area contributed by atoms with Gasteiger partial charge in [-0.25, -0.2) is 4.39 Å². The Morgan fingerprint density at radius 3 is 2.48 bits per heavy atom. The van der Waals surface area contributed by atoms with E-state index in [2.05, 4.69) is 10.6 Å². The van der Waals surface area contributed by atoms with E-state index >= 15 is 0 Å².